The van der Waals surface area contributed by atoms with E-state index < -0.39 is 0 Å². The quantitative estimate of drug-likeness (QED) is 0.751. The van der Waals surface area contributed by atoms with Crippen molar-refractivity contribution in [2.75, 3.05) is 20.1 Å². The average Bonchev–Trinajstić information content (AvgIpc) is 2.56. The lowest BCUT2D eigenvalue weighted by atomic mass is 9.79. The van der Waals surface area contributed by atoms with Gasteiger partial charge in [-0.25, -0.2) is 0 Å². The van der Waals surface area contributed by atoms with Crippen LogP contribution in [0.4, 0.5) is 0 Å². The zero-order chi connectivity index (χ0) is 10.8. The molecule has 2 heteroatoms. The van der Waals surface area contributed by atoms with Gasteiger partial charge in [0.2, 0.25) is 0 Å². The first-order valence-corrected chi connectivity index (χ1v) is 6.59. The van der Waals surface area contributed by atoms with Crippen molar-refractivity contribution in [3.8, 4) is 0 Å². The minimum atomic E-state index is 0.760. The normalized spacial score (nSPS) is 43.4. The SMILES string of the molecule is CC1CCC(NC2CCN(C)C2)C(C)C1. The molecule has 1 N–H and O–H groups in total. The second-order valence-electron chi connectivity index (χ2n) is 5.92. The van der Waals surface area contributed by atoms with E-state index in [1.54, 1.807) is 0 Å². The van der Waals surface area contributed by atoms with Crippen molar-refractivity contribution < 1.29 is 0 Å². The van der Waals surface area contributed by atoms with Gasteiger partial charge in [-0.15, -0.1) is 0 Å². The molecule has 0 amide bonds. The minimum absolute atomic E-state index is 0.760. The molecule has 1 saturated heterocycles. The number of nitrogens with zero attached hydrogens (tertiary/aromatic N) is 1. The van der Waals surface area contributed by atoms with Crippen molar-refractivity contribution in [2.24, 2.45) is 11.8 Å². The third kappa shape index (κ3) is 2.94. The fourth-order valence-electron chi connectivity index (χ4n) is 3.29. The van der Waals surface area contributed by atoms with Gasteiger partial charge in [-0.3, -0.25) is 0 Å². The van der Waals surface area contributed by atoms with Gasteiger partial charge in [-0.1, -0.05) is 13.8 Å². The number of nitrogens with one attached hydrogen (secondary N) is 1. The first kappa shape index (κ1) is 11.4. The van der Waals surface area contributed by atoms with Gasteiger partial charge >= 0.3 is 0 Å². The van der Waals surface area contributed by atoms with Crippen molar-refractivity contribution >= 4 is 0 Å². The standard InChI is InChI=1S/C13H26N2/c1-10-4-5-13(11(2)8-10)14-12-6-7-15(3)9-12/h10-14H,4-9H2,1-3H3. The Labute approximate surface area is 94.4 Å². The van der Waals surface area contributed by atoms with Gasteiger partial charge in [0.25, 0.3) is 0 Å². The summed E-state index contributed by atoms with van der Waals surface area (Å²) in [4.78, 5) is 2.44. The van der Waals surface area contributed by atoms with Crippen molar-refractivity contribution in [3.05, 3.63) is 0 Å². The highest BCUT2D eigenvalue weighted by Crippen LogP contribution is 2.29. The maximum atomic E-state index is 3.88. The van der Waals surface area contributed by atoms with Crippen LogP contribution in [0.5, 0.6) is 0 Å². The Bertz CT molecular complexity index is 205. The molecule has 2 nitrogen and oxygen atoms in total. The lowest BCUT2D eigenvalue weighted by Crippen LogP contribution is -2.45. The van der Waals surface area contributed by atoms with E-state index in [2.05, 4.69) is 31.1 Å². The summed E-state index contributed by atoms with van der Waals surface area (Å²) in [6.07, 6.45) is 5.57. The second kappa shape index (κ2) is 4.84. The average molecular weight is 210 g/mol. The second-order valence-corrected chi connectivity index (χ2v) is 5.92. The molecule has 88 valence electrons. The summed E-state index contributed by atoms with van der Waals surface area (Å²) in [5.41, 5.74) is 0. The molecule has 0 aromatic heterocycles. The van der Waals surface area contributed by atoms with E-state index in [9.17, 15) is 0 Å². The summed E-state index contributed by atoms with van der Waals surface area (Å²) in [5, 5.41) is 3.88. The highest BCUT2D eigenvalue weighted by atomic mass is 15.2. The van der Waals surface area contributed by atoms with Gasteiger partial charge < -0.3 is 10.2 Å². The Morgan fingerprint density at radius 3 is 2.53 bits per heavy atom. The molecule has 1 saturated carbocycles. The Kier molecular flexibility index (Phi) is 3.68. The van der Waals surface area contributed by atoms with Crippen LogP contribution in [-0.4, -0.2) is 37.1 Å². The molecule has 0 spiro atoms. The zero-order valence-corrected chi connectivity index (χ0v) is 10.5. The van der Waals surface area contributed by atoms with Crippen molar-refractivity contribution in [1.29, 1.82) is 0 Å². The molecule has 4 atom stereocenters. The zero-order valence-electron chi connectivity index (χ0n) is 10.5. The maximum Gasteiger partial charge on any atom is 0.0209 e. The Morgan fingerprint density at radius 2 is 1.93 bits per heavy atom. The summed E-state index contributed by atoms with van der Waals surface area (Å²) in [5.74, 6) is 1.82. The molecule has 2 rings (SSSR count). The molecule has 2 fully saturated rings. The molecule has 0 radical (unpaired) electrons. The minimum Gasteiger partial charge on any atom is -0.310 e. The molecule has 15 heavy (non-hydrogen) atoms. The summed E-state index contributed by atoms with van der Waals surface area (Å²) in [7, 11) is 2.23. The molecule has 0 aromatic rings. The predicted molar refractivity (Wildman–Crippen MR) is 65.0 cm³/mol. The molecule has 1 aliphatic carbocycles. The van der Waals surface area contributed by atoms with Gasteiger partial charge in [-0.2, -0.15) is 0 Å². The maximum absolute atomic E-state index is 3.88. The fourth-order valence-corrected chi connectivity index (χ4v) is 3.29. The number of rotatable bonds is 2. The number of hydrogen-bond acceptors (Lipinski definition) is 2. The third-order valence-corrected chi connectivity index (χ3v) is 4.27. The van der Waals surface area contributed by atoms with Gasteiger partial charge in [0, 0.05) is 18.6 Å². The monoisotopic (exact) mass is 210 g/mol. The van der Waals surface area contributed by atoms with Crippen LogP contribution >= 0.6 is 0 Å². The Morgan fingerprint density at radius 1 is 1.13 bits per heavy atom. The van der Waals surface area contributed by atoms with E-state index in [0.717, 1.165) is 23.9 Å². The first-order chi connectivity index (χ1) is 7.15. The van der Waals surface area contributed by atoms with Gasteiger partial charge in [0.1, 0.15) is 0 Å². The molecule has 2 aliphatic rings. The summed E-state index contributed by atoms with van der Waals surface area (Å²) in [6.45, 7) is 7.34. The largest absolute Gasteiger partial charge is 0.310 e. The summed E-state index contributed by atoms with van der Waals surface area (Å²) >= 11 is 0. The number of likely N-dealkylation sites (tertiary alicyclic amines) is 1. The summed E-state index contributed by atoms with van der Waals surface area (Å²) < 4.78 is 0. The predicted octanol–water partition coefficient (Wildman–Crippen LogP) is 2.10. The van der Waals surface area contributed by atoms with Crippen LogP contribution in [0.25, 0.3) is 0 Å². The van der Waals surface area contributed by atoms with E-state index in [-0.39, 0.29) is 0 Å². The van der Waals surface area contributed by atoms with Crippen molar-refractivity contribution in [1.82, 2.24) is 10.2 Å². The molecule has 0 aromatic carbocycles. The number of hydrogen-bond donors (Lipinski definition) is 1. The Balaban J connectivity index is 1.79. The van der Waals surface area contributed by atoms with Crippen LogP contribution in [0.15, 0.2) is 0 Å². The van der Waals surface area contributed by atoms with Gasteiger partial charge in [0.05, 0.1) is 0 Å². The van der Waals surface area contributed by atoms with Crippen LogP contribution in [0.1, 0.15) is 39.5 Å². The molecule has 1 aliphatic heterocycles. The topological polar surface area (TPSA) is 15.3 Å². The third-order valence-electron chi connectivity index (χ3n) is 4.27. The first-order valence-electron chi connectivity index (χ1n) is 6.59. The highest BCUT2D eigenvalue weighted by Gasteiger charge is 2.28. The summed E-state index contributed by atoms with van der Waals surface area (Å²) in [6, 6.07) is 1.55. The molecule has 1 heterocycles. The highest BCUT2D eigenvalue weighted by molar-refractivity contribution is 4.87. The molecule has 0 bridgehead atoms. The smallest absolute Gasteiger partial charge is 0.0209 e. The Hall–Kier alpha value is -0.0800. The van der Waals surface area contributed by atoms with Crippen LogP contribution in [0, 0.1) is 11.8 Å². The van der Waals surface area contributed by atoms with Crippen molar-refractivity contribution in [3.63, 3.8) is 0 Å². The molecule has 4 unspecified atom stereocenters. The van der Waals surface area contributed by atoms with Gasteiger partial charge in [0.15, 0.2) is 0 Å². The van der Waals surface area contributed by atoms with E-state index >= 15 is 0 Å². The lowest BCUT2D eigenvalue weighted by molar-refractivity contribution is 0.213. The molecular formula is C13H26N2. The van der Waals surface area contributed by atoms with Crippen LogP contribution in [-0.2, 0) is 0 Å². The van der Waals surface area contributed by atoms with Crippen LogP contribution in [0.2, 0.25) is 0 Å². The van der Waals surface area contributed by atoms with E-state index in [4.69, 9.17) is 0 Å². The van der Waals surface area contributed by atoms with E-state index in [0.29, 0.717) is 0 Å². The van der Waals surface area contributed by atoms with E-state index in [1.165, 1.54) is 38.8 Å². The molecular weight excluding hydrogens is 184 g/mol. The fraction of sp³-hybridized carbons (Fsp3) is 1.00. The number of likely N-dealkylation sites (N-methyl/N-ethyl adjacent to an activating group) is 1. The van der Waals surface area contributed by atoms with Gasteiger partial charge in [-0.05, 0) is 51.1 Å². The van der Waals surface area contributed by atoms with E-state index in [1.807, 2.05) is 0 Å². The van der Waals surface area contributed by atoms with Crippen LogP contribution < -0.4 is 5.32 Å². The lowest BCUT2D eigenvalue weighted by Gasteiger charge is -2.35. The van der Waals surface area contributed by atoms with Crippen molar-refractivity contribution in [2.45, 2.75) is 51.6 Å². The van der Waals surface area contributed by atoms with Crippen LogP contribution in [0.3, 0.4) is 0 Å².